The minimum absolute atomic E-state index is 0.0954. The van der Waals surface area contributed by atoms with Crippen molar-refractivity contribution >= 4 is 29.4 Å². The van der Waals surface area contributed by atoms with Crippen LogP contribution in [0.25, 0.3) is 5.69 Å². The maximum atomic E-state index is 13.2. The van der Waals surface area contributed by atoms with Crippen LogP contribution >= 0.6 is 11.8 Å². The minimum Gasteiger partial charge on any atom is -0.364 e. The van der Waals surface area contributed by atoms with Crippen LogP contribution in [0.5, 0.6) is 0 Å². The monoisotopic (exact) mass is 371 g/mol. The van der Waals surface area contributed by atoms with Gasteiger partial charge in [0.05, 0.1) is 17.6 Å². The lowest BCUT2D eigenvalue weighted by Gasteiger charge is -2.04. The van der Waals surface area contributed by atoms with E-state index < -0.39 is 11.9 Å². The Morgan fingerprint density at radius 3 is 2.42 bits per heavy atom. The molecule has 0 saturated heterocycles. The first-order valence-electron chi connectivity index (χ1n) is 7.42. The number of aromatic nitrogens is 2. The maximum absolute atomic E-state index is 13.2. The topological polar surface area (TPSA) is 116 Å². The number of hydrogen-bond donors (Lipinski definition) is 3. The van der Waals surface area contributed by atoms with Gasteiger partial charge in [0.25, 0.3) is 5.91 Å². The number of carbonyl (C=O) groups is 2. The van der Waals surface area contributed by atoms with Crippen LogP contribution in [-0.4, -0.2) is 21.7 Å². The summed E-state index contributed by atoms with van der Waals surface area (Å²) >= 11 is 1.41. The van der Waals surface area contributed by atoms with Crippen LogP contribution in [-0.2, 0) is 0 Å². The van der Waals surface area contributed by atoms with Crippen LogP contribution in [0.4, 0.5) is 14.9 Å². The van der Waals surface area contributed by atoms with Gasteiger partial charge in [-0.3, -0.25) is 4.79 Å². The molecule has 2 aromatic carbocycles. The molecule has 5 N–H and O–H groups in total. The van der Waals surface area contributed by atoms with Crippen molar-refractivity contribution in [2.24, 2.45) is 11.5 Å². The fourth-order valence-electron chi connectivity index (χ4n) is 2.25. The number of benzene rings is 2. The van der Waals surface area contributed by atoms with E-state index in [2.05, 4.69) is 10.4 Å². The third kappa shape index (κ3) is 4.01. The van der Waals surface area contributed by atoms with E-state index in [1.54, 1.807) is 18.2 Å². The first-order valence-corrected chi connectivity index (χ1v) is 8.24. The van der Waals surface area contributed by atoms with E-state index in [4.69, 9.17) is 11.5 Å². The molecule has 132 valence electrons. The maximum Gasteiger partial charge on any atom is 0.316 e. The second-order valence-electron chi connectivity index (χ2n) is 5.24. The number of urea groups is 1. The van der Waals surface area contributed by atoms with Crippen molar-refractivity contribution in [3.05, 3.63) is 66.2 Å². The predicted molar refractivity (Wildman–Crippen MR) is 95.8 cm³/mol. The largest absolute Gasteiger partial charge is 0.364 e. The zero-order valence-electron chi connectivity index (χ0n) is 13.3. The first kappa shape index (κ1) is 17.5. The number of carbonyl (C=O) groups excluding carboxylic acids is 2. The highest BCUT2D eigenvalue weighted by molar-refractivity contribution is 7.99. The Morgan fingerprint density at radius 1 is 1.08 bits per heavy atom. The van der Waals surface area contributed by atoms with E-state index in [1.807, 2.05) is 18.2 Å². The van der Waals surface area contributed by atoms with Crippen LogP contribution in [0.2, 0.25) is 0 Å². The molecule has 3 aromatic rings. The number of amides is 3. The van der Waals surface area contributed by atoms with Crippen LogP contribution in [0.15, 0.2) is 64.5 Å². The molecule has 0 aliphatic carbocycles. The van der Waals surface area contributed by atoms with Gasteiger partial charge < -0.3 is 16.8 Å². The van der Waals surface area contributed by atoms with Gasteiger partial charge in [-0.2, -0.15) is 5.10 Å². The summed E-state index contributed by atoms with van der Waals surface area (Å²) in [7, 11) is 0. The molecule has 1 heterocycles. The van der Waals surface area contributed by atoms with Crippen molar-refractivity contribution in [1.29, 1.82) is 0 Å². The lowest BCUT2D eigenvalue weighted by molar-refractivity contribution is 0.0996. The van der Waals surface area contributed by atoms with Gasteiger partial charge in [0, 0.05) is 9.79 Å². The summed E-state index contributed by atoms with van der Waals surface area (Å²) in [6, 6.07) is 12.7. The summed E-state index contributed by atoms with van der Waals surface area (Å²) in [5, 5.41) is 6.38. The van der Waals surface area contributed by atoms with Crippen molar-refractivity contribution in [2.45, 2.75) is 9.79 Å². The average Bonchev–Trinajstić information content (AvgIpc) is 2.99. The smallest absolute Gasteiger partial charge is 0.316 e. The van der Waals surface area contributed by atoms with E-state index in [-0.39, 0.29) is 17.2 Å². The molecule has 0 aliphatic rings. The first-order chi connectivity index (χ1) is 12.4. The molecule has 7 nitrogen and oxygen atoms in total. The third-order valence-electron chi connectivity index (χ3n) is 3.34. The molecule has 3 amide bonds. The second-order valence-corrected chi connectivity index (χ2v) is 6.39. The lowest BCUT2D eigenvalue weighted by Crippen LogP contribution is -2.22. The zero-order chi connectivity index (χ0) is 18.7. The molecular weight excluding hydrogens is 357 g/mol. The fraction of sp³-hybridized carbons (Fsp3) is 0. The highest BCUT2D eigenvalue weighted by atomic mass is 32.2. The quantitative estimate of drug-likeness (QED) is 0.639. The van der Waals surface area contributed by atoms with E-state index in [9.17, 15) is 14.0 Å². The van der Waals surface area contributed by atoms with Crippen LogP contribution < -0.4 is 16.8 Å². The Bertz CT molecular complexity index is 972. The SMILES string of the molecule is NC(=O)Nc1cn(-c2ccc(Sc3cccc(F)c3)cc2)nc1C(N)=O. The Labute approximate surface area is 152 Å². The zero-order valence-corrected chi connectivity index (χ0v) is 14.2. The van der Waals surface area contributed by atoms with Gasteiger partial charge in [-0.05, 0) is 42.5 Å². The summed E-state index contributed by atoms with van der Waals surface area (Å²) in [5.74, 6) is -1.08. The molecule has 1 aromatic heterocycles. The average molecular weight is 371 g/mol. The Hall–Kier alpha value is -3.33. The fourth-order valence-corrected chi connectivity index (χ4v) is 3.11. The van der Waals surface area contributed by atoms with E-state index in [1.165, 1.54) is 34.8 Å². The molecule has 0 spiro atoms. The minimum atomic E-state index is -0.825. The van der Waals surface area contributed by atoms with Gasteiger partial charge in [0.1, 0.15) is 5.82 Å². The summed E-state index contributed by atoms with van der Waals surface area (Å²) < 4.78 is 14.7. The molecule has 0 fully saturated rings. The Kier molecular flexibility index (Phi) is 4.90. The number of nitrogens with one attached hydrogen (secondary N) is 1. The molecule has 0 atom stereocenters. The van der Waals surface area contributed by atoms with E-state index in [0.29, 0.717) is 5.69 Å². The number of nitrogens with zero attached hydrogens (tertiary/aromatic N) is 2. The molecule has 9 heteroatoms. The molecule has 0 aliphatic heterocycles. The lowest BCUT2D eigenvalue weighted by atomic mass is 10.3. The number of hydrogen-bond acceptors (Lipinski definition) is 4. The third-order valence-corrected chi connectivity index (χ3v) is 4.34. The van der Waals surface area contributed by atoms with Crippen LogP contribution in [0.3, 0.4) is 0 Å². The van der Waals surface area contributed by atoms with Crippen LogP contribution in [0, 0.1) is 5.82 Å². The summed E-state index contributed by atoms with van der Waals surface area (Å²) in [5.41, 5.74) is 11.0. The highest BCUT2D eigenvalue weighted by Crippen LogP contribution is 2.29. The molecule has 0 saturated carbocycles. The molecule has 26 heavy (non-hydrogen) atoms. The molecule has 0 bridgehead atoms. The summed E-state index contributed by atoms with van der Waals surface area (Å²) in [6.45, 7) is 0. The van der Waals surface area contributed by atoms with Gasteiger partial charge in [-0.25, -0.2) is 13.9 Å². The van der Waals surface area contributed by atoms with Crippen LogP contribution in [0.1, 0.15) is 10.5 Å². The van der Waals surface area contributed by atoms with Crippen molar-refractivity contribution in [1.82, 2.24) is 9.78 Å². The Balaban J connectivity index is 1.84. The number of nitrogens with two attached hydrogens (primary N) is 2. The molecule has 0 radical (unpaired) electrons. The van der Waals surface area contributed by atoms with Gasteiger partial charge in [0.15, 0.2) is 5.69 Å². The molecular formula is C17H14FN5O2S. The predicted octanol–water partition coefficient (Wildman–Crippen LogP) is 2.75. The van der Waals surface area contributed by atoms with Crippen molar-refractivity contribution < 1.29 is 14.0 Å². The normalized spacial score (nSPS) is 10.5. The van der Waals surface area contributed by atoms with Gasteiger partial charge in [-0.1, -0.05) is 17.8 Å². The number of rotatable bonds is 5. The number of halogens is 1. The summed E-state index contributed by atoms with van der Waals surface area (Å²) in [6.07, 6.45) is 1.44. The number of primary amides is 2. The van der Waals surface area contributed by atoms with E-state index in [0.717, 1.165) is 9.79 Å². The Morgan fingerprint density at radius 2 is 1.81 bits per heavy atom. The number of anilines is 1. The molecule has 3 rings (SSSR count). The second kappa shape index (κ2) is 7.28. The standard InChI is InChI=1S/C17H14FN5O2S/c18-10-2-1-3-13(8-10)26-12-6-4-11(5-7-12)23-9-14(21-17(20)25)15(22-23)16(19)24/h1-9H,(H2,19,24)(H3,20,21,25). The van der Waals surface area contributed by atoms with Gasteiger partial charge >= 0.3 is 6.03 Å². The summed E-state index contributed by atoms with van der Waals surface area (Å²) in [4.78, 5) is 24.2. The van der Waals surface area contributed by atoms with Crippen molar-refractivity contribution in [3.8, 4) is 5.69 Å². The van der Waals surface area contributed by atoms with Gasteiger partial charge in [0.2, 0.25) is 0 Å². The highest BCUT2D eigenvalue weighted by Gasteiger charge is 2.16. The molecule has 0 unspecified atom stereocenters. The van der Waals surface area contributed by atoms with Crippen molar-refractivity contribution in [3.63, 3.8) is 0 Å². The van der Waals surface area contributed by atoms with Crippen molar-refractivity contribution in [2.75, 3.05) is 5.32 Å². The van der Waals surface area contributed by atoms with Gasteiger partial charge in [-0.15, -0.1) is 0 Å². The van der Waals surface area contributed by atoms with E-state index >= 15 is 0 Å².